The molecule has 5 nitrogen and oxygen atoms in total. The van der Waals surface area contributed by atoms with E-state index < -0.39 is 0 Å². The highest BCUT2D eigenvalue weighted by Crippen LogP contribution is 2.47. The molecule has 2 saturated carbocycles. The molecule has 3 N–H and O–H groups in total. The quantitative estimate of drug-likeness (QED) is 0.809. The van der Waals surface area contributed by atoms with Gasteiger partial charge in [-0.15, -0.1) is 0 Å². The van der Waals surface area contributed by atoms with Crippen molar-refractivity contribution in [2.24, 2.45) is 23.5 Å². The van der Waals surface area contributed by atoms with Crippen LogP contribution in [0.3, 0.4) is 0 Å². The van der Waals surface area contributed by atoms with Crippen molar-refractivity contribution in [2.75, 3.05) is 5.32 Å². The first-order valence-electron chi connectivity index (χ1n) is 6.13. The normalized spacial score (nSPS) is 35.2. The van der Waals surface area contributed by atoms with Gasteiger partial charge in [0.15, 0.2) is 0 Å². The van der Waals surface area contributed by atoms with E-state index in [4.69, 9.17) is 10.2 Å². The maximum absolute atomic E-state index is 12.1. The molecule has 0 saturated heterocycles. The first-order chi connectivity index (χ1) is 8.15. The zero-order valence-electron chi connectivity index (χ0n) is 9.85. The standard InChI is InChI=1S/C12H17N3O2/c1-6-5-17-12(14-6)15-11(16)9-7-2-3-8(4-7)10(9)13/h5,7-10H,2-4,13H2,1H3,(H,14,15,16). The lowest BCUT2D eigenvalue weighted by molar-refractivity contribution is -0.121. The first kappa shape index (κ1) is 10.8. The molecular formula is C12H17N3O2. The number of oxazole rings is 1. The number of hydrogen-bond acceptors (Lipinski definition) is 4. The van der Waals surface area contributed by atoms with Gasteiger partial charge in [-0.1, -0.05) is 0 Å². The van der Waals surface area contributed by atoms with Gasteiger partial charge in [-0.2, -0.15) is 4.98 Å². The maximum atomic E-state index is 12.1. The highest BCUT2D eigenvalue weighted by atomic mass is 16.4. The summed E-state index contributed by atoms with van der Waals surface area (Å²) in [6.45, 7) is 1.82. The van der Waals surface area contributed by atoms with E-state index >= 15 is 0 Å². The average molecular weight is 235 g/mol. The van der Waals surface area contributed by atoms with E-state index in [0.717, 1.165) is 18.5 Å². The summed E-state index contributed by atoms with van der Waals surface area (Å²) in [6.07, 6.45) is 4.93. The summed E-state index contributed by atoms with van der Waals surface area (Å²) >= 11 is 0. The Morgan fingerprint density at radius 3 is 2.88 bits per heavy atom. The molecule has 4 atom stereocenters. The smallest absolute Gasteiger partial charge is 0.301 e. The van der Waals surface area contributed by atoms with Crippen LogP contribution in [0.5, 0.6) is 0 Å². The fourth-order valence-electron chi connectivity index (χ4n) is 3.32. The highest BCUT2D eigenvalue weighted by molar-refractivity contribution is 5.91. The highest BCUT2D eigenvalue weighted by Gasteiger charge is 2.49. The topological polar surface area (TPSA) is 81.2 Å². The second kappa shape index (κ2) is 3.84. The van der Waals surface area contributed by atoms with E-state index in [-0.39, 0.29) is 23.9 Å². The van der Waals surface area contributed by atoms with Gasteiger partial charge in [0.25, 0.3) is 0 Å². The zero-order chi connectivity index (χ0) is 12.0. The molecule has 0 spiro atoms. The van der Waals surface area contributed by atoms with Crippen molar-refractivity contribution in [1.29, 1.82) is 0 Å². The molecule has 0 aliphatic heterocycles. The number of aromatic nitrogens is 1. The van der Waals surface area contributed by atoms with Gasteiger partial charge in [-0.05, 0) is 38.0 Å². The van der Waals surface area contributed by atoms with Gasteiger partial charge in [-0.25, -0.2) is 0 Å². The molecule has 1 heterocycles. The fourth-order valence-corrected chi connectivity index (χ4v) is 3.32. The van der Waals surface area contributed by atoms with Crippen LogP contribution in [0, 0.1) is 24.7 Å². The van der Waals surface area contributed by atoms with Crippen molar-refractivity contribution in [1.82, 2.24) is 4.98 Å². The molecule has 2 bridgehead atoms. The molecule has 1 aromatic rings. The second-order valence-electron chi connectivity index (χ2n) is 5.22. The second-order valence-corrected chi connectivity index (χ2v) is 5.22. The number of carbonyl (C=O) groups is 1. The predicted octanol–water partition coefficient (Wildman–Crippen LogP) is 1.29. The lowest BCUT2D eigenvalue weighted by atomic mass is 9.84. The molecule has 4 unspecified atom stereocenters. The Labute approximate surface area is 99.8 Å². The van der Waals surface area contributed by atoms with Gasteiger partial charge in [0, 0.05) is 6.04 Å². The number of amides is 1. The van der Waals surface area contributed by atoms with Gasteiger partial charge in [0.2, 0.25) is 5.91 Å². The van der Waals surface area contributed by atoms with E-state index in [2.05, 4.69) is 10.3 Å². The molecule has 17 heavy (non-hydrogen) atoms. The summed E-state index contributed by atoms with van der Waals surface area (Å²) in [5, 5.41) is 2.72. The number of carbonyl (C=O) groups excluding carboxylic acids is 1. The largest absolute Gasteiger partial charge is 0.432 e. The van der Waals surface area contributed by atoms with Crippen LogP contribution in [-0.2, 0) is 4.79 Å². The number of nitrogens with zero attached hydrogens (tertiary/aromatic N) is 1. The Bertz CT molecular complexity index is 441. The Balaban J connectivity index is 1.70. The van der Waals surface area contributed by atoms with Crippen LogP contribution in [0.2, 0.25) is 0 Å². The number of fused-ring (bicyclic) bond motifs is 2. The number of aryl methyl sites for hydroxylation is 1. The Morgan fingerprint density at radius 1 is 1.53 bits per heavy atom. The van der Waals surface area contributed by atoms with Crippen molar-refractivity contribution in [3.8, 4) is 0 Å². The van der Waals surface area contributed by atoms with Crippen molar-refractivity contribution < 1.29 is 9.21 Å². The van der Waals surface area contributed by atoms with E-state index in [1.165, 1.54) is 12.7 Å². The lowest BCUT2D eigenvalue weighted by Gasteiger charge is -2.26. The van der Waals surface area contributed by atoms with Crippen molar-refractivity contribution in [3.63, 3.8) is 0 Å². The van der Waals surface area contributed by atoms with E-state index in [1.807, 2.05) is 6.92 Å². The SMILES string of the molecule is Cc1coc(NC(=O)C2C3CCC(C3)C2N)n1. The summed E-state index contributed by atoms with van der Waals surface area (Å²) in [4.78, 5) is 16.2. The molecule has 0 aromatic carbocycles. The van der Waals surface area contributed by atoms with Crippen molar-refractivity contribution in [3.05, 3.63) is 12.0 Å². The van der Waals surface area contributed by atoms with Crippen LogP contribution in [0.25, 0.3) is 0 Å². The maximum Gasteiger partial charge on any atom is 0.301 e. The van der Waals surface area contributed by atoms with Gasteiger partial charge < -0.3 is 10.2 Å². The molecule has 92 valence electrons. The van der Waals surface area contributed by atoms with Gasteiger partial charge in [0.05, 0.1) is 11.6 Å². The molecule has 2 aliphatic carbocycles. The average Bonchev–Trinajstić information content (AvgIpc) is 2.94. The van der Waals surface area contributed by atoms with Crippen molar-refractivity contribution in [2.45, 2.75) is 32.2 Å². The zero-order valence-corrected chi connectivity index (χ0v) is 9.85. The molecule has 0 radical (unpaired) electrons. The fraction of sp³-hybridized carbons (Fsp3) is 0.667. The van der Waals surface area contributed by atoms with Gasteiger partial charge in [-0.3, -0.25) is 10.1 Å². The number of nitrogens with one attached hydrogen (secondary N) is 1. The number of anilines is 1. The van der Waals surface area contributed by atoms with Crippen LogP contribution in [0.4, 0.5) is 6.01 Å². The molecular weight excluding hydrogens is 218 g/mol. The molecule has 1 amide bonds. The minimum absolute atomic E-state index is 0.00445. The van der Waals surface area contributed by atoms with E-state index in [9.17, 15) is 4.79 Å². The third kappa shape index (κ3) is 1.74. The molecule has 1 aromatic heterocycles. The summed E-state index contributed by atoms with van der Waals surface area (Å²) < 4.78 is 5.13. The molecule has 2 fully saturated rings. The number of hydrogen-bond donors (Lipinski definition) is 2. The summed E-state index contributed by atoms with van der Waals surface area (Å²) in [5.74, 6) is 0.876. The summed E-state index contributed by atoms with van der Waals surface area (Å²) in [7, 11) is 0. The Morgan fingerprint density at radius 2 is 2.29 bits per heavy atom. The molecule has 5 heteroatoms. The van der Waals surface area contributed by atoms with E-state index in [0.29, 0.717) is 11.8 Å². The third-order valence-corrected chi connectivity index (χ3v) is 4.13. The summed E-state index contributed by atoms with van der Waals surface area (Å²) in [6, 6.07) is 0.285. The lowest BCUT2D eigenvalue weighted by Crippen LogP contribution is -2.42. The van der Waals surface area contributed by atoms with E-state index in [1.54, 1.807) is 0 Å². The minimum atomic E-state index is -0.0686. The van der Waals surface area contributed by atoms with Crippen molar-refractivity contribution >= 4 is 11.9 Å². The monoisotopic (exact) mass is 235 g/mol. The third-order valence-electron chi connectivity index (χ3n) is 4.13. The van der Waals surface area contributed by atoms with Crippen LogP contribution in [0.1, 0.15) is 25.0 Å². The van der Waals surface area contributed by atoms with Gasteiger partial charge in [0.1, 0.15) is 6.26 Å². The first-order valence-corrected chi connectivity index (χ1v) is 6.13. The van der Waals surface area contributed by atoms with Gasteiger partial charge >= 0.3 is 6.01 Å². The molecule has 3 rings (SSSR count). The Hall–Kier alpha value is -1.36. The van der Waals surface area contributed by atoms with Crippen LogP contribution in [0.15, 0.2) is 10.7 Å². The molecule has 2 aliphatic rings. The van der Waals surface area contributed by atoms with Crippen LogP contribution in [-0.4, -0.2) is 16.9 Å². The van der Waals surface area contributed by atoms with Crippen LogP contribution < -0.4 is 11.1 Å². The number of nitrogens with two attached hydrogens (primary N) is 1. The van der Waals surface area contributed by atoms with Crippen LogP contribution >= 0.6 is 0 Å². The minimum Gasteiger partial charge on any atom is -0.432 e. The predicted molar refractivity (Wildman–Crippen MR) is 62.2 cm³/mol. The Kier molecular flexibility index (Phi) is 2.43. The summed E-state index contributed by atoms with van der Waals surface area (Å²) in [5.41, 5.74) is 6.87. The number of rotatable bonds is 2.